The Labute approximate surface area is 170 Å². The highest BCUT2D eigenvalue weighted by Gasteiger charge is 2.32. The number of nitrogens with zero attached hydrogens (tertiary/aromatic N) is 1. The SMILES string of the molecule is CN(CCC(O)(c1cccc(F)c1)c1cccc(F)c1)Cc1ccccc1.Cl. The molecule has 28 heavy (non-hydrogen) atoms. The van der Waals surface area contributed by atoms with Gasteiger partial charge in [-0.3, -0.25) is 0 Å². The fourth-order valence-corrected chi connectivity index (χ4v) is 3.27. The van der Waals surface area contributed by atoms with Gasteiger partial charge >= 0.3 is 0 Å². The molecule has 148 valence electrons. The van der Waals surface area contributed by atoms with E-state index in [0.717, 1.165) is 6.54 Å². The Bertz CT molecular complexity index is 843. The van der Waals surface area contributed by atoms with Crippen LogP contribution in [0.3, 0.4) is 0 Å². The number of rotatable bonds is 7. The van der Waals surface area contributed by atoms with Crippen LogP contribution in [0.1, 0.15) is 23.1 Å². The van der Waals surface area contributed by atoms with Crippen molar-refractivity contribution in [3.8, 4) is 0 Å². The molecule has 0 amide bonds. The van der Waals surface area contributed by atoms with Crippen molar-refractivity contribution in [3.05, 3.63) is 107 Å². The zero-order valence-corrected chi connectivity index (χ0v) is 16.5. The van der Waals surface area contributed by atoms with Gasteiger partial charge in [0.1, 0.15) is 17.2 Å². The summed E-state index contributed by atoms with van der Waals surface area (Å²) >= 11 is 0. The molecule has 0 saturated carbocycles. The van der Waals surface area contributed by atoms with Gasteiger partial charge in [-0.2, -0.15) is 0 Å². The van der Waals surface area contributed by atoms with Crippen LogP contribution in [0.4, 0.5) is 8.78 Å². The maximum atomic E-state index is 13.8. The third kappa shape index (κ3) is 5.38. The predicted octanol–water partition coefficient (Wildman–Crippen LogP) is 5.14. The number of halogens is 3. The molecular weight excluding hydrogens is 380 g/mol. The van der Waals surface area contributed by atoms with Gasteiger partial charge in [-0.1, -0.05) is 54.6 Å². The molecule has 0 spiro atoms. The van der Waals surface area contributed by atoms with E-state index >= 15 is 0 Å². The van der Waals surface area contributed by atoms with Gasteiger partial charge in [-0.05, 0) is 54.4 Å². The fourth-order valence-electron chi connectivity index (χ4n) is 3.27. The van der Waals surface area contributed by atoms with Gasteiger partial charge < -0.3 is 10.0 Å². The molecule has 0 aliphatic rings. The van der Waals surface area contributed by atoms with E-state index in [2.05, 4.69) is 4.90 Å². The summed E-state index contributed by atoms with van der Waals surface area (Å²) in [5.74, 6) is -0.861. The third-order valence-electron chi connectivity index (χ3n) is 4.76. The summed E-state index contributed by atoms with van der Waals surface area (Å²) in [6, 6.07) is 21.8. The predicted molar refractivity (Wildman–Crippen MR) is 110 cm³/mol. The fraction of sp³-hybridized carbons (Fsp3) is 0.217. The Hall–Kier alpha value is -2.27. The molecule has 3 aromatic carbocycles. The molecule has 0 bridgehead atoms. The van der Waals surface area contributed by atoms with Crippen LogP contribution in [-0.2, 0) is 12.1 Å². The summed E-state index contributed by atoms with van der Waals surface area (Å²) in [5, 5.41) is 11.5. The topological polar surface area (TPSA) is 23.5 Å². The van der Waals surface area contributed by atoms with E-state index in [1.54, 1.807) is 24.3 Å². The molecular formula is C23H24ClF2NO. The van der Waals surface area contributed by atoms with E-state index in [1.165, 1.54) is 29.8 Å². The van der Waals surface area contributed by atoms with Crippen LogP contribution in [0.25, 0.3) is 0 Å². The van der Waals surface area contributed by atoms with E-state index in [-0.39, 0.29) is 12.4 Å². The number of aliphatic hydroxyl groups is 1. The van der Waals surface area contributed by atoms with Crippen molar-refractivity contribution in [1.29, 1.82) is 0 Å². The highest BCUT2D eigenvalue weighted by atomic mass is 35.5. The molecule has 0 radical (unpaired) electrons. The second kappa shape index (κ2) is 9.78. The quantitative estimate of drug-likeness (QED) is 0.590. The van der Waals surface area contributed by atoms with Crippen LogP contribution in [0.15, 0.2) is 78.9 Å². The van der Waals surface area contributed by atoms with Gasteiger partial charge in [-0.25, -0.2) is 8.78 Å². The summed E-state index contributed by atoms with van der Waals surface area (Å²) in [6.45, 7) is 1.28. The maximum absolute atomic E-state index is 13.8. The summed E-state index contributed by atoms with van der Waals surface area (Å²) in [4.78, 5) is 2.08. The van der Waals surface area contributed by atoms with E-state index in [9.17, 15) is 13.9 Å². The van der Waals surface area contributed by atoms with Crippen LogP contribution >= 0.6 is 12.4 Å². The van der Waals surface area contributed by atoms with E-state index in [4.69, 9.17) is 0 Å². The van der Waals surface area contributed by atoms with Crippen molar-refractivity contribution in [2.75, 3.05) is 13.6 Å². The van der Waals surface area contributed by atoms with Crippen molar-refractivity contribution < 1.29 is 13.9 Å². The van der Waals surface area contributed by atoms with Crippen molar-refractivity contribution in [3.63, 3.8) is 0 Å². The maximum Gasteiger partial charge on any atom is 0.123 e. The zero-order valence-electron chi connectivity index (χ0n) is 15.7. The van der Waals surface area contributed by atoms with Crippen molar-refractivity contribution in [2.45, 2.75) is 18.6 Å². The molecule has 0 atom stereocenters. The van der Waals surface area contributed by atoms with E-state index < -0.39 is 17.2 Å². The minimum absolute atomic E-state index is 0. The second-order valence-corrected chi connectivity index (χ2v) is 6.85. The monoisotopic (exact) mass is 403 g/mol. The van der Waals surface area contributed by atoms with Gasteiger partial charge in [0, 0.05) is 13.1 Å². The molecule has 0 saturated heterocycles. The number of benzene rings is 3. The summed E-state index contributed by atoms with van der Waals surface area (Å²) < 4.78 is 27.6. The molecule has 3 rings (SSSR count). The minimum Gasteiger partial charge on any atom is -0.380 e. The van der Waals surface area contributed by atoms with Gasteiger partial charge in [0.05, 0.1) is 0 Å². The molecule has 0 heterocycles. The average molecular weight is 404 g/mol. The Balaban J connectivity index is 0.00000280. The Morgan fingerprint density at radius 1 is 0.821 bits per heavy atom. The number of hydrogen-bond donors (Lipinski definition) is 1. The molecule has 0 aliphatic carbocycles. The summed E-state index contributed by atoms with van der Waals surface area (Å²) in [7, 11) is 1.96. The van der Waals surface area contributed by atoms with Crippen LogP contribution in [-0.4, -0.2) is 23.6 Å². The third-order valence-corrected chi connectivity index (χ3v) is 4.76. The lowest BCUT2D eigenvalue weighted by atomic mass is 9.83. The summed E-state index contributed by atoms with van der Waals surface area (Å²) in [6.07, 6.45) is 0.309. The average Bonchev–Trinajstić information content (AvgIpc) is 2.67. The molecule has 0 aromatic heterocycles. The first-order chi connectivity index (χ1) is 13.0. The van der Waals surface area contributed by atoms with Crippen LogP contribution in [0, 0.1) is 11.6 Å². The van der Waals surface area contributed by atoms with E-state index in [1.807, 2.05) is 37.4 Å². The zero-order chi connectivity index (χ0) is 19.3. The van der Waals surface area contributed by atoms with Crippen molar-refractivity contribution >= 4 is 12.4 Å². The minimum atomic E-state index is -1.48. The smallest absolute Gasteiger partial charge is 0.123 e. The largest absolute Gasteiger partial charge is 0.380 e. The number of hydrogen-bond acceptors (Lipinski definition) is 2. The molecule has 1 N–H and O–H groups in total. The lowest BCUT2D eigenvalue weighted by Crippen LogP contribution is -2.33. The highest BCUT2D eigenvalue weighted by Crippen LogP contribution is 2.34. The lowest BCUT2D eigenvalue weighted by Gasteiger charge is -2.31. The first-order valence-corrected chi connectivity index (χ1v) is 8.94. The highest BCUT2D eigenvalue weighted by molar-refractivity contribution is 5.85. The van der Waals surface area contributed by atoms with E-state index in [0.29, 0.717) is 24.1 Å². The molecule has 0 fully saturated rings. The van der Waals surface area contributed by atoms with Crippen LogP contribution in [0.2, 0.25) is 0 Å². The molecule has 5 heteroatoms. The van der Waals surface area contributed by atoms with Gasteiger partial charge in [-0.15, -0.1) is 12.4 Å². The molecule has 3 aromatic rings. The standard InChI is InChI=1S/C23H23F2NO.ClH/c1-26(17-18-7-3-2-4-8-18)14-13-23(27,19-9-5-11-21(24)15-19)20-10-6-12-22(25)16-20;/h2-12,15-16,27H,13-14,17H2,1H3;1H. The summed E-state index contributed by atoms with van der Waals surface area (Å²) in [5.41, 5.74) is 0.525. The van der Waals surface area contributed by atoms with Crippen molar-refractivity contribution in [1.82, 2.24) is 4.90 Å². The Morgan fingerprint density at radius 2 is 1.36 bits per heavy atom. The molecule has 0 unspecified atom stereocenters. The van der Waals surface area contributed by atoms with Gasteiger partial charge in [0.15, 0.2) is 0 Å². The lowest BCUT2D eigenvalue weighted by molar-refractivity contribution is 0.0590. The van der Waals surface area contributed by atoms with Gasteiger partial charge in [0.25, 0.3) is 0 Å². The second-order valence-electron chi connectivity index (χ2n) is 6.85. The van der Waals surface area contributed by atoms with Crippen molar-refractivity contribution in [2.24, 2.45) is 0 Å². The Kier molecular flexibility index (Phi) is 7.69. The molecule has 2 nitrogen and oxygen atoms in total. The first kappa shape index (κ1) is 22.0. The normalized spacial score (nSPS) is 11.3. The molecule has 0 aliphatic heterocycles. The van der Waals surface area contributed by atoms with Crippen LogP contribution < -0.4 is 0 Å². The van der Waals surface area contributed by atoms with Crippen LogP contribution in [0.5, 0.6) is 0 Å². The van der Waals surface area contributed by atoms with Gasteiger partial charge in [0.2, 0.25) is 0 Å². The first-order valence-electron chi connectivity index (χ1n) is 8.94. The Morgan fingerprint density at radius 3 is 1.86 bits per heavy atom.